The summed E-state index contributed by atoms with van der Waals surface area (Å²) in [5.74, 6) is -0.776. The van der Waals surface area contributed by atoms with Gasteiger partial charge in [-0.25, -0.2) is 0 Å². The molecule has 2 atom stereocenters. The minimum atomic E-state index is -0.821. The van der Waals surface area contributed by atoms with Gasteiger partial charge in [-0.3, -0.25) is 15.1 Å². The minimum Gasteiger partial charge on any atom is -0.480 e. The van der Waals surface area contributed by atoms with Crippen LogP contribution in [0.2, 0.25) is 0 Å². The molecule has 1 heterocycles. The van der Waals surface area contributed by atoms with Gasteiger partial charge in [0.25, 0.3) is 0 Å². The molecule has 1 rings (SSSR count). The van der Waals surface area contributed by atoms with Gasteiger partial charge in [0.15, 0.2) is 0 Å². The van der Waals surface area contributed by atoms with Crippen LogP contribution < -0.4 is 5.32 Å². The average molecular weight is 222 g/mol. The van der Waals surface area contributed by atoms with Gasteiger partial charge < -0.3 is 5.11 Å². The van der Waals surface area contributed by atoms with Crippen molar-refractivity contribution in [3.63, 3.8) is 0 Å². The predicted molar refractivity (Wildman–Crippen MR) is 62.0 cm³/mol. The van der Waals surface area contributed by atoms with E-state index in [-0.39, 0.29) is 12.0 Å². The number of aliphatic carboxylic acids is 1. The van der Waals surface area contributed by atoms with Crippen LogP contribution in [0.4, 0.5) is 0 Å². The summed E-state index contributed by atoms with van der Waals surface area (Å²) in [5, 5.41) is 12.1. The van der Waals surface area contributed by atoms with Gasteiger partial charge in [0, 0.05) is 12.2 Å². The molecule has 2 N–H and O–H groups in total. The molecule has 0 radical (unpaired) electrons. The Morgan fingerprint density at radius 3 is 2.50 bits per heavy atom. The Balaban J connectivity index is 2.69. The number of hydrogen-bond donors (Lipinski definition) is 2. The molecule has 4 nitrogen and oxygen atoms in total. The van der Waals surface area contributed by atoms with E-state index in [0.29, 0.717) is 0 Å². The fourth-order valence-corrected chi connectivity index (χ4v) is 1.54. The summed E-state index contributed by atoms with van der Waals surface area (Å²) >= 11 is 0. The number of hydrogen-bond acceptors (Lipinski definition) is 3. The van der Waals surface area contributed by atoms with Crippen molar-refractivity contribution >= 4 is 5.97 Å². The lowest BCUT2D eigenvalue weighted by Crippen LogP contribution is -2.42. The maximum atomic E-state index is 11.0. The summed E-state index contributed by atoms with van der Waals surface area (Å²) in [7, 11) is 0. The molecular formula is C12H18N2O2. The van der Waals surface area contributed by atoms with Crippen LogP contribution >= 0.6 is 0 Å². The molecule has 0 spiro atoms. The molecule has 0 fully saturated rings. The van der Waals surface area contributed by atoms with Crippen LogP contribution in [-0.4, -0.2) is 22.1 Å². The summed E-state index contributed by atoms with van der Waals surface area (Å²) < 4.78 is 0. The van der Waals surface area contributed by atoms with Crippen LogP contribution in [0.1, 0.15) is 32.5 Å². The van der Waals surface area contributed by atoms with Crippen LogP contribution in [0.15, 0.2) is 24.4 Å². The second-order valence-electron chi connectivity index (χ2n) is 4.20. The Kier molecular flexibility index (Phi) is 4.43. The highest BCUT2D eigenvalue weighted by Crippen LogP contribution is 2.12. The van der Waals surface area contributed by atoms with E-state index in [0.717, 1.165) is 5.69 Å². The second-order valence-corrected chi connectivity index (χ2v) is 4.20. The van der Waals surface area contributed by atoms with E-state index in [2.05, 4.69) is 10.3 Å². The number of aromatic nitrogens is 1. The molecule has 4 heteroatoms. The Morgan fingerprint density at radius 1 is 1.38 bits per heavy atom. The summed E-state index contributed by atoms with van der Waals surface area (Å²) in [6.07, 6.45) is 1.71. The monoisotopic (exact) mass is 222 g/mol. The summed E-state index contributed by atoms with van der Waals surface area (Å²) in [4.78, 5) is 15.2. The Morgan fingerprint density at radius 2 is 2.06 bits per heavy atom. The zero-order chi connectivity index (χ0) is 12.1. The van der Waals surface area contributed by atoms with Gasteiger partial charge in [0.1, 0.15) is 6.04 Å². The first-order valence-corrected chi connectivity index (χ1v) is 5.42. The number of nitrogens with one attached hydrogen (secondary N) is 1. The standard InChI is InChI=1S/C12H18N2O2/c1-8(2)11(12(15)16)14-9(3)10-6-4-5-7-13-10/h4-9,11,14H,1-3H3,(H,15,16)/t9-,11?/m1/s1. The highest BCUT2D eigenvalue weighted by molar-refractivity contribution is 5.73. The van der Waals surface area contributed by atoms with Gasteiger partial charge in [-0.1, -0.05) is 19.9 Å². The van der Waals surface area contributed by atoms with E-state index in [1.54, 1.807) is 6.20 Å². The van der Waals surface area contributed by atoms with Crippen LogP contribution in [0.25, 0.3) is 0 Å². The maximum Gasteiger partial charge on any atom is 0.320 e. The van der Waals surface area contributed by atoms with Crippen molar-refractivity contribution in [3.05, 3.63) is 30.1 Å². The van der Waals surface area contributed by atoms with E-state index in [1.165, 1.54) is 0 Å². The number of rotatable bonds is 5. The zero-order valence-electron chi connectivity index (χ0n) is 9.84. The molecule has 0 amide bonds. The molecule has 1 aromatic rings. The first-order chi connectivity index (χ1) is 7.52. The van der Waals surface area contributed by atoms with Crippen molar-refractivity contribution in [1.82, 2.24) is 10.3 Å². The number of carbonyl (C=O) groups is 1. The summed E-state index contributed by atoms with van der Waals surface area (Å²) in [6.45, 7) is 5.69. The van der Waals surface area contributed by atoms with Crippen molar-refractivity contribution in [1.29, 1.82) is 0 Å². The minimum absolute atomic E-state index is 0.0451. The molecule has 1 unspecified atom stereocenters. The zero-order valence-corrected chi connectivity index (χ0v) is 9.84. The number of nitrogens with zero attached hydrogens (tertiary/aromatic N) is 1. The molecule has 0 aromatic carbocycles. The van der Waals surface area contributed by atoms with Crippen molar-refractivity contribution in [2.75, 3.05) is 0 Å². The number of carboxylic acids is 1. The molecule has 0 aliphatic carbocycles. The van der Waals surface area contributed by atoms with Crippen LogP contribution in [-0.2, 0) is 4.79 Å². The topological polar surface area (TPSA) is 62.2 Å². The first-order valence-electron chi connectivity index (χ1n) is 5.42. The molecular weight excluding hydrogens is 204 g/mol. The summed E-state index contributed by atoms with van der Waals surface area (Å²) in [5.41, 5.74) is 0.856. The molecule has 88 valence electrons. The Bertz CT molecular complexity index is 338. The third kappa shape index (κ3) is 3.31. The molecule has 0 bridgehead atoms. The second kappa shape index (κ2) is 5.61. The van der Waals surface area contributed by atoms with Crippen molar-refractivity contribution < 1.29 is 9.90 Å². The van der Waals surface area contributed by atoms with Crippen molar-refractivity contribution in [2.24, 2.45) is 5.92 Å². The largest absolute Gasteiger partial charge is 0.480 e. The average Bonchev–Trinajstić information content (AvgIpc) is 2.25. The van der Waals surface area contributed by atoms with Gasteiger partial charge in [-0.05, 0) is 25.0 Å². The number of pyridine rings is 1. The fourth-order valence-electron chi connectivity index (χ4n) is 1.54. The third-order valence-corrected chi connectivity index (χ3v) is 2.49. The van der Waals surface area contributed by atoms with Gasteiger partial charge in [0.2, 0.25) is 0 Å². The Hall–Kier alpha value is -1.42. The fraction of sp³-hybridized carbons (Fsp3) is 0.500. The predicted octanol–water partition coefficient (Wildman–Crippen LogP) is 1.84. The van der Waals surface area contributed by atoms with E-state index in [4.69, 9.17) is 5.11 Å². The van der Waals surface area contributed by atoms with E-state index in [1.807, 2.05) is 39.0 Å². The van der Waals surface area contributed by atoms with Gasteiger partial charge in [0.05, 0.1) is 5.69 Å². The van der Waals surface area contributed by atoms with E-state index in [9.17, 15) is 4.79 Å². The molecule has 0 aliphatic heterocycles. The first kappa shape index (κ1) is 12.6. The van der Waals surface area contributed by atoms with Crippen molar-refractivity contribution in [3.8, 4) is 0 Å². The lowest BCUT2D eigenvalue weighted by Gasteiger charge is -2.22. The van der Waals surface area contributed by atoms with E-state index >= 15 is 0 Å². The highest BCUT2D eigenvalue weighted by Gasteiger charge is 2.23. The maximum absolute atomic E-state index is 11.0. The molecule has 0 saturated carbocycles. The normalized spacial score (nSPS) is 14.8. The van der Waals surface area contributed by atoms with Crippen LogP contribution in [0.5, 0.6) is 0 Å². The quantitative estimate of drug-likeness (QED) is 0.798. The van der Waals surface area contributed by atoms with E-state index < -0.39 is 12.0 Å². The van der Waals surface area contributed by atoms with Crippen molar-refractivity contribution in [2.45, 2.75) is 32.9 Å². The summed E-state index contributed by atoms with van der Waals surface area (Å²) in [6, 6.07) is 5.01. The molecule has 0 aliphatic rings. The van der Waals surface area contributed by atoms with Gasteiger partial charge in [-0.15, -0.1) is 0 Å². The lowest BCUT2D eigenvalue weighted by atomic mass is 10.0. The SMILES string of the molecule is CC(C)C(N[C@H](C)c1ccccn1)C(=O)O. The van der Waals surface area contributed by atoms with Crippen LogP contribution in [0.3, 0.4) is 0 Å². The van der Waals surface area contributed by atoms with Crippen LogP contribution in [0, 0.1) is 5.92 Å². The third-order valence-electron chi connectivity index (χ3n) is 2.49. The van der Waals surface area contributed by atoms with Gasteiger partial charge >= 0.3 is 5.97 Å². The molecule has 1 aromatic heterocycles. The van der Waals surface area contributed by atoms with Gasteiger partial charge in [-0.2, -0.15) is 0 Å². The molecule has 16 heavy (non-hydrogen) atoms. The highest BCUT2D eigenvalue weighted by atomic mass is 16.4. The number of carboxylic acid groups (broad SMARTS) is 1. The lowest BCUT2D eigenvalue weighted by molar-refractivity contribution is -0.140. The smallest absolute Gasteiger partial charge is 0.320 e. The molecule has 0 saturated heterocycles. The Labute approximate surface area is 95.7 Å².